The second kappa shape index (κ2) is 6.06. The van der Waals surface area contributed by atoms with Crippen LogP contribution >= 0.6 is 0 Å². The number of carbonyl (C=O) groups excluding carboxylic acids is 1. The van der Waals surface area contributed by atoms with E-state index in [2.05, 4.69) is 14.9 Å². The molecule has 130 valence electrons. The minimum atomic E-state index is 0.0193. The molecule has 1 aliphatic heterocycles. The standard InChI is InChI=1S/C20H24N4O/c25-20(18-13-21-16-3-1-2-4-17(16)22-18)24-9-7-23(8-10-24)19-12-14-5-6-15(19)11-14/h1-4,13-15,19H,5-12H2/t14-,15-,19+/m1/s1. The highest BCUT2D eigenvalue weighted by atomic mass is 16.2. The highest BCUT2D eigenvalue weighted by molar-refractivity contribution is 5.93. The summed E-state index contributed by atoms with van der Waals surface area (Å²) in [6.45, 7) is 3.61. The van der Waals surface area contributed by atoms with Gasteiger partial charge in [0, 0.05) is 32.2 Å². The van der Waals surface area contributed by atoms with Gasteiger partial charge in [-0.1, -0.05) is 18.6 Å². The summed E-state index contributed by atoms with van der Waals surface area (Å²) >= 11 is 0. The van der Waals surface area contributed by atoms with Gasteiger partial charge in [-0.2, -0.15) is 0 Å². The Morgan fingerprint density at radius 2 is 1.80 bits per heavy atom. The zero-order valence-electron chi connectivity index (χ0n) is 14.5. The number of rotatable bonds is 2. The smallest absolute Gasteiger partial charge is 0.274 e. The van der Waals surface area contributed by atoms with Gasteiger partial charge in [-0.15, -0.1) is 0 Å². The molecule has 3 atom stereocenters. The van der Waals surface area contributed by atoms with Crippen LogP contribution in [0.2, 0.25) is 0 Å². The number of aromatic nitrogens is 2. The quantitative estimate of drug-likeness (QED) is 0.846. The third-order valence-electron chi connectivity index (χ3n) is 6.44. The number of amides is 1. The summed E-state index contributed by atoms with van der Waals surface area (Å²) in [7, 11) is 0. The molecule has 0 N–H and O–H groups in total. The van der Waals surface area contributed by atoms with Gasteiger partial charge in [0.05, 0.1) is 17.2 Å². The maximum Gasteiger partial charge on any atom is 0.274 e. The predicted octanol–water partition coefficient (Wildman–Crippen LogP) is 2.58. The number of para-hydroxylation sites is 2. The largest absolute Gasteiger partial charge is 0.335 e. The van der Waals surface area contributed by atoms with Crippen molar-refractivity contribution in [3.63, 3.8) is 0 Å². The van der Waals surface area contributed by atoms with Crippen molar-refractivity contribution >= 4 is 16.9 Å². The van der Waals surface area contributed by atoms with Gasteiger partial charge in [0.25, 0.3) is 5.91 Å². The molecule has 0 unspecified atom stereocenters. The van der Waals surface area contributed by atoms with Crippen molar-refractivity contribution < 1.29 is 4.79 Å². The van der Waals surface area contributed by atoms with Gasteiger partial charge in [-0.25, -0.2) is 4.98 Å². The van der Waals surface area contributed by atoms with Crippen LogP contribution in [-0.4, -0.2) is 57.9 Å². The van der Waals surface area contributed by atoms with Gasteiger partial charge in [-0.3, -0.25) is 14.7 Å². The summed E-state index contributed by atoms with van der Waals surface area (Å²) in [5, 5.41) is 0. The monoisotopic (exact) mass is 336 g/mol. The summed E-state index contributed by atoms with van der Waals surface area (Å²) in [6.07, 6.45) is 7.31. The molecule has 3 aliphatic rings. The highest BCUT2D eigenvalue weighted by Crippen LogP contribution is 2.46. The molecule has 2 aromatic rings. The lowest BCUT2D eigenvalue weighted by atomic mass is 9.93. The van der Waals surface area contributed by atoms with Crippen LogP contribution in [0.25, 0.3) is 11.0 Å². The number of hydrogen-bond donors (Lipinski definition) is 0. The first-order valence-electron chi connectivity index (χ1n) is 9.53. The van der Waals surface area contributed by atoms with E-state index in [0.29, 0.717) is 5.69 Å². The Morgan fingerprint density at radius 1 is 1.00 bits per heavy atom. The van der Waals surface area contributed by atoms with Crippen molar-refractivity contribution in [2.75, 3.05) is 26.2 Å². The van der Waals surface area contributed by atoms with Crippen LogP contribution in [0.15, 0.2) is 30.5 Å². The lowest BCUT2D eigenvalue weighted by Gasteiger charge is -2.40. The SMILES string of the molecule is O=C(c1cnc2ccccc2n1)N1CCN([C@H]2C[C@@H]3CC[C@@H]2C3)CC1. The molecular weight excluding hydrogens is 312 g/mol. The molecule has 0 spiro atoms. The third-order valence-corrected chi connectivity index (χ3v) is 6.44. The first-order chi connectivity index (χ1) is 12.3. The van der Waals surface area contributed by atoms with E-state index in [-0.39, 0.29) is 5.91 Å². The maximum atomic E-state index is 12.8. The minimum Gasteiger partial charge on any atom is -0.335 e. The van der Waals surface area contributed by atoms with Crippen molar-refractivity contribution in [2.45, 2.75) is 31.7 Å². The van der Waals surface area contributed by atoms with Crippen molar-refractivity contribution in [1.29, 1.82) is 0 Å². The molecule has 2 saturated carbocycles. The molecule has 1 amide bonds. The molecule has 1 aromatic carbocycles. The number of nitrogens with zero attached hydrogens (tertiary/aromatic N) is 4. The summed E-state index contributed by atoms with van der Waals surface area (Å²) in [5.41, 5.74) is 2.08. The fraction of sp³-hybridized carbons (Fsp3) is 0.550. The summed E-state index contributed by atoms with van der Waals surface area (Å²) in [4.78, 5) is 26.3. The van der Waals surface area contributed by atoms with Gasteiger partial charge in [0.1, 0.15) is 5.69 Å². The number of benzene rings is 1. The number of hydrogen-bond acceptors (Lipinski definition) is 4. The highest BCUT2D eigenvalue weighted by Gasteiger charge is 2.43. The first kappa shape index (κ1) is 15.3. The van der Waals surface area contributed by atoms with Crippen LogP contribution in [0.3, 0.4) is 0 Å². The lowest BCUT2D eigenvalue weighted by Crippen LogP contribution is -2.53. The van der Waals surface area contributed by atoms with E-state index in [1.54, 1.807) is 6.20 Å². The van der Waals surface area contributed by atoms with Crippen LogP contribution in [0, 0.1) is 11.8 Å². The van der Waals surface area contributed by atoms with E-state index in [4.69, 9.17) is 0 Å². The zero-order valence-corrected chi connectivity index (χ0v) is 14.5. The average Bonchev–Trinajstić information content (AvgIpc) is 3.31. The zero-order chi connectivity index (χ0) is 16.8. The van der Waals surface area contributed by atoms with Crippen LogP contribution in [0.4, 0.5) is 0 Å². The van der Waals surface area contributed by atoms with E-state index in [1.165, 1.54) is 25.7 Å². The molecule has 25 heavy (non-hydrogen) atoms. The molecule has 2 aliphatic carbocycles. The minimum absolute atomic E-state index is 0.0193. The Kier molecular flexibility index (Phi) is 3.70. The molecule has 5 heteroatoms. The predicted molar refractivity (Wildman–Crippen MR) is 96.3 cm³/mol. The third kappa shape index (κ3) is 2.71. The summed E-state index contributed by atoms with van der Waals surface area (Å²) < 4.78 is 0. The summed E-state index contributed by atoms with van der Waals surface area (Å²) in [5.74, 6) is 1.91. The number of carbonyl (C=O) groups is 1. The normalized spacial score (nSPS) is 29.4. The fourth-order valence-electron chi connectivity index (χ4n) is 5.14. The molecular formula is C20H24N4O. The lowest BCUT2D eigenvalue weighted by molar-refractivity contribution is 0.0491. The fourth-order valence-corrected chi connectivity index (χ4v) is 5.14. The van der Waals surface area contributed by atoms with Gasteiger partial charge in [0.2, 0.25) is 0 Å². The average molecular weight is 336 g/mol. The Morgan fingerprint density at radius 3 is 2.52 bits per heavy atom. The van der Waals surface area contributed by atoms with E-state index < -0.39 is 0 Å². The van der Waals surface area contributed by atoms with Gasteiger partial charge >= 0.3 is 0 Å². The van der Waals surface area contributed by atoms with Crippen molar-refractivity contribution in [3.8, 4) is 0 Å². The molecule has 2 bridgehead atoms. The molecule has 0 radical (unpaired) electrons. The van der Waals surface area contributed by atoms with Crippen LogP contribution in [0.5, 0.6) is 0 Å². The molecule has 3 fully saturated rings. The molecule has 1 saturated heterocycles. The van der Waals surface area contributed by atoms with Crippen LogP contribution in [0.1, 0.15) is 36.2 Å². The molecule has 2 heterocycles. The van der Waals surface area contributed by atoms with Gasteiger partial charge in [0.15, 0.2) is 0 Å². The Bertz CT molecular complexity index is 799. The van der Waals surface area contributed by atoms with Crippen molar-refractivity contribution in [1.82, 2.24) is 19.8 Å². The van der Waals surface area contributed by atoms with Gasteiger partial charge < -0.3 is 4.90 Å². The van der Waals surface area contributed by atoms with Crippen molar-refractivity contribution in [3.05, 3.63) is 36.2 Å². The topological polar surface area (TPSA) is 49.3 Å². The second-order valence-corrected chi connectivity index (χ2v) is 7.81. The van der Waals surface area contributed by atoms with E-state index in [1.807, 2.05) is 29.2 Å². The molecule has 5 nitrogen and oxygen atoms in total. The summed E-state index contributed by atoms with van der Waals surface area (Å²) in [6, 6.07) is 8.47. The number of piperazine rings is 1. The van der Waals surface area contributed by atoms with E-state index in [0.717, 1.165) is 55.1 Å². The molecule has 5 rings (SSSR count). The van der Waals surface area contributed by atoms with Crippen molar-refractivity contribution in [2.24, 2.45) is 11.8 Å². The Hall–Kier alpha value is -2.01. The van der Waals surface area contributed by atoms with Crippen LogP contribution < -0.4 is 0 Å². The Labute approximate surface area is 148 Å². The molecule has 1 aromatic heterocycles. The van der Waals surface area contributed by atoms with Gasteiger partial charge in [-0.05, 0) is 43.2 Å². The second-order valence-electron chi connectivity index (χ2n) is 7.81. The van der Waals surface area contributed by atoms with E-state index in [9.17, 15) is 4.79 Å². The van der Waals surface area contributed by atoms with Crippen LogP contribution in [-0.2, 0) is 0 Å². The number of fused-ring (bicyclic) bond motifs is 3. The Balaban J connectivity index is 1.26. The first-order valence-corrected chi connectivity index (χ1v) is 9.53. The maximum absolute atomic E-state index is 12.8. The van der Waals surface area contributed by atoms with E-state index >= 15 is 0 Å².